The summed E-state index contributed by atoms with van der Waals surface area (Å²) in [6, 6.07) is 12.7. The second-order valence-corrected chi connectivity index (χ2v) is 4.46. The van der Waals surface area contributed by atoms with E-state index < -0.39 is 0 Å². The highest BCUT2D eigenvalue weighted by Gasteiger charge is 2.00. The summed E-state index contributed by atoms with van der Waals surface area (Å²) in [4.78, 5) is 0. The number of ether oxygens (including phenoxy) is 1. The van der Waals surface area contributed by atoms with Gasteiger partial charge in [-0.25, -0.2) is 0 Å². The molecular weight excluding hydrogens is 264 g/mol. The van der Waals surface area contributed by atoms with Crippen molar-refractivity contribution in [3.8, 4) is 0 Å². The van der Waals surface area contributed by atoms with Crippen LogP contribution in [0.3, 0.4) is 0 Å². The molecule has 2 aromatic carbocycles. The van der Waals surface area contributed by atoms with Crippen molar-refractivity contribution >= 4 is 26.7 Å². The molecular formula is C14H13BrO. The molecule has 0 spiro atoms. The molecule has 0 aliphatic heterocycles. The number of benzene rings is 2. The third kappa shape index (κ3) is 2.45. The molecule has 0 radical (unpaired) electrons. The van der Waals surface area contributed by atoms with Crippen molar-refractivity contribution in [1.29, 1.82) is 0 Å². The molecule has 0 atom stereocenters. The fourth-order valence-electron chi connectivity index (χ4n) is 1.69. The Balaban J connectivity index is 2.38. The number of methoxy groups -OCH3 is 1. The van der Waals surface area contributed by atoms with Crippen LogP contribution in [0.5, 0.6) is 0 Å². The van der Waals surface area contributed by atoms with Gasteiger partial charge in [0.05, 0.1) is 13.4 Å². The number of rotatable bonds is 3. The summed E-state index contributed by atoms with van der Waals surface area (Å²) in [5, 5.41) is 2.53. The van der Waals surface area contributed by atoms with Gasteiger partial charge in [0, 0.05) is 4.47 Å². The van der Waals surface area contributed by atoms with Gasteiger partial charge in [-0.1, -0.05) is 40.2 Å². The molecule has 2 rings (SSSR count). The highest BCUT2D eigenvalue weighted by Crippen LogP contribution is 2.24. The molecule has 0 aromatic heterocycles. The molecule has 2 heteroatoms. The van der Waals surface area contributed by atoms with Crippen molar-refractivity contribution in [1.82, 2.24) is 0 Å². The van der Waals surface area contributed by atoms with Crippen molar-refractivity contribution in [2.24, 2.45) is 0 Å². The second kappa shape index (κ2) is 5.17. The van der Waals surface area contributed by atoms with Crippen LogP contribution in [-0.2, 0) is 11.2 Å². The van der Waals surface area contributed by atoms with Gasteiger partial charge in [-0.05, 0) is 41.0 Å². The molecule has 0 heterocycles. The van der Waals surface area contributed by atoms with Crippen LogP contribution in [0.15, 0.2) is 53.2 Å². The SMILES string of the molecule is COC=CCc1cc2ccccc2cc1Br. The summed E-state index contributed by atoms with van der Waals surface area (Å²) in [6.07, 6.45) is 4.59. The highest BCUT2D eigenvalue weighted by atomic mass is 79.9. The average molecular weight is 277 g/mol. The summed E-state index contributed by atoms with van der Waals surface area (Å²) in [7, 11) is 1.66. The Morgan fingerprint density at radius 1 is 1.19 bits per heavy atom. The van der Waals surface area contributed by atoms with Crippen LogP contribution in [0.1, 0.15) is 5.56 Å². The van der Waals surface area contributed by atoms with Crippen LogP contribution in [-0.4, -0.2) is 7.11 Å². The van der Waals surface area contributed by atoms with Crippen molar-refractivity contribution in [2.75, 3.05) is 7.11 Å². The molecule has 0 fully saturated rings. The topological polar surface area (TPSA) is 9.23 Å². The highest BCUT2D eigenvalue weighted by molar-refractivity contribution is 9.10. The molecule has 1 nitrogen and oxygen atoms in total. The minimum Gasteiger partial charge on any atom is -0.505 e. The second-order valence-electron chi connectivity index (χ2n) is 3.60. The van der Waals surface area contributed by atoms with E-state index in [-0.39, 0.29) is 0 Å². The summed E-state index contributed by atoms with van der Waals surface area (Å²) in [5.74, 6) is 0. The molecule has 0 amide bonds. The van der Waals surface area contributed by atoms with Gasteiger partial charge in [0.1, 0.15) is 0 Å². The standard InChI is InChI=1S/C14H13BrO/c1-16-8-4-7-13-9-11-5-2-3-6-12(11)10-14(13)15/h2-6,8-10H,7H2,1H3. The third-order valence-electron chi connectivity index (χ3n) is 2.48. The van der Waals surface area contributed by atoms with Gasteiger partial charge in [0.15, 0.2) is 0 Å². The first-order valence-electron chi connectivity index (χ1n) is 5.16. The molecule has 0 aliphatic rings. The first-order chi connectivity index (χ1) is 7.81. The lowest BCUT2D eigenvalue weighted by molar-refractivity contribution is 0.337. The van der Waals surface area contributed by atoms with Gasteiger partial charge in [-0.15, -0.1) is 0 Å². The largest absolute Gasteiger partial charge is 0.505 e. The van der Waals surface area contributed by atoms with E-state index in [4.69, 9.17) is 4.74 Å². The lowest BCUT2D eigenvalue weighted by Crippen LogP contribution is -1.85. The van der Waals surface area contributed by atoms with E-state index in [1.54, 1.807) is 13.4 Å². The zero-order chi connectivity index (χ0) is 11.4. The third-order valence-corrected chi connectivity index (χ3v) is 3.22. The van der Waals surface area contributed by atoms with Crippen LogP contribution in [0.4, 0.5) is 0 Å². The Hall–Kier alpha value is -1.28. The molecule has 82 valence electrons. The van der Waals surface area contributed by atoms with Gasteiger partial charge in [-0.3, -0.25) is 0 Å². The number of hydrogen-bond acceptors (Lipinski definition) is 1. The Morgan fingerprint density at radius 3 is 2.56 bits per heavy atom. The Bertz CT molecular complexity index is 517. The van der Waals surface area contributed by atoms with Gasteiger partial charge in [-0.2, -0.15) is 0 Å². The van der Waals surface area contributed by atoms with E-state index in [0.29, 0.717) is 0 Å². The predicted octanol–water partition coefficient (Wildman–Crippen LogP) is 4.30. The van der Waals surface area contributed by atoms with Crippen molar-refractivity contribution in [2.45, 2.75) is 6.42 Å². The minimum absolute atomic E-state index is 0.874. The first kappa shape index (κ1) is 11.2. The first-order valence-corrected chi connectivity index (χ1v) is 5.95. The Kier molecular flexibility index (Phi) is 3.62. The van der Waals surface area contributed by atoms with Crippen LogP contribution < -0.4 is 0 Å². The smallest absolute Gasteiger partial charge is 0.0788 e. The van der Waals surface area contributed by atoms with E-state index in [2.05, 4.69) is 52.3 Å². The maximum atomic E-state index is 4.90. The number of allylic oxidation sites excluding steroid dienone is 1. The fourth-order valence-corrected chi connectivity index (χ4v) is 2.21. The predicted molar refractivity (Wildman–Crippen MR) is 71.5 cm³/mol. The molecule has 0 N–H and O–H groups in total. The van der Waals surface area contributed by atoms with Gasteiger partial charge >= 0.3 is 0 Å². The van der Waals surface area contributed by atoms with Gasteiger partial charge in [0.25, 0.3) is 0 Å². The number of fused-ring (bicyclic) bond motifs is 1. The number of halogens is 1. The molecule has 0 aliphatic carbocycles. The van der Waals surface area contributed by atoms with Crippen LogP contribution in [0.25, 0.3) is 10.8 Å². The quantitative estimate of drug-likeness (QED) is 0.760. The van der Waals surface area contributed by atoms with E-state index in [1.165, 1.54) is 16.3 Å². The van der Waals surface area contributed by atoms with Crippen molar-refractivity contribution in [3.05, 3.63) is 58.8 Å². The monoisotopic (exact) mass is 276 g/mol. The molecule has 0 saturated carbocycles. The summed E-state index contributed by atoms with van der Waals surface area (Å²) in [5.41, 5.74) is 1.27. The summed E-state index contributed by atoms with van der Waals surface area (Å²) >= 11 is 3.59. The molecule has 0 unspecified atom stereocenters. The lowest BCUT2D eigenvalue weighted by atomic mass is 10.1. The minimum atomic E-state index is 0.874. The maximum absolute atomic E-state index is 4.90. The Morgan fingerprint density at radius 2 is 1.88 bits per heavy atom. The van der Waals surface area contributed by atoms with Gasteiger partial charge in [0.2, 0.25) is 0 Å². The lowest BCUT2D eigenvalue weighted by Gasteiger charge is -2.04. The molecule has 0 saturated heterocycles. The van der Waals surface area contributed by atoms with Crippen LogP contribution in [0, 0.1) is 0 Å². The average Bonchev–Trinajstić information content (AvgIpc) is 2.30. The van der Waals surface area contributed by atoms with Crippen LogP contribution in [0.2, 0.25) is 0 Å². The molecule has 2 aromatic rings. The normalized spacial score (nSPS) is 11.1. The zero-order valence-electron chi connectivity index (χ0n) is 9.11. The van der Waals surface area contributed by atoms with Gasteiger partial charge < -0.3 is 4.74 Å². The molecule has 0 bridgehead atoms. The zero-order valence-corrected chi connectivity index (χ0v) is 10.7. The van der Waals surface area contributed by atoms with Crippen molar-refractivity contribution < 1.29 is 4.74 Å². The van der Waals surface area contributed by atoms with E-state index in [0.717, 1.165) is 10.9 Å². The fraction of sp³-hybridized carbons (Fsp3) is 0.143. The van der Waals surface area contributed by atoms with Crippen molar-refractivity contribution in [3.63, 3.8) is 0 Å². The summed E-state index contributed by atoms with van der Waals surface area (Å²) < 4.78 is 6.04. The Labute approximate surface area is 104 Å². The molecule has 16 heavy (non-hydrogen) atoms. The van der Waals surface area contributed by atoms with Crippen LogP contribution >= 0.6 is 15.9 Å². The maximum Gasteiger partial charge on any atom is 0.0788 e. The summed E-state index contributed by atoms with van der Waals surface area (Å²) in [6.45, 7) is 0. The van der Waals surface area contributed by atoms with E-state index in [9.17, 15) is 0 Å². The van der Waals surface area contributed by atoms with E-state index in [1.807, 2.05) is 6.08 Å². The number of hydrogen-bond donors (Lipinski definition) is 0. The van der Waals surface area contributed by atoms with E-state index >= 15 is 0 Å².